The molecule has 0 saturated heterocycles. The number of nitrogen functional groups attached to an aromatic ring is 1. The maximum atomic E-state index is 13.4. The van der Waals surface area contributed by atoms with Gasteiger partial charge in [0.2, 0.25) is 0 Å². The minimum absolute atomic E-state index is 0.163. The molecule has 110 valence electrons. The van der Waals surface area contributed by atoms with Crippen LogP contribution in [0.5, 0.6) is 0 Å². The Morgan fingerprint density at radius 3 is 2.86 bits per heavy atom. The Kier molecular flexibility index (Phi) is 4.59. The SMILES string of the molecule is Nc1ccc(=O)n(CC(=O)OCc2cc(Cl)ccc2F)c1. The van der Waals surface area contributed by atoms with E-state index < -0.39 is 11.8 Å². The third-order valence-electron chi connectivity index (χ3n) is 2.70. The second-order valence-electron chi connectivity index (χ2n) is 4.32. The lowest BCUT2D eigenvalue weighted by Crippen LogP contribution is -2.24. The molecule has 0 fully saturated rings. The summed E-state index contributed by atoms with van der Waals surface area (Å²) in [5, 5.41) is 0.342. The maximum Gasteiger partial charge on any atom is 0.326 e. The normalized spacial score (nSPS) is 10.4. The van der Waals surface area contributed by atoms with Gasteiger partial charge < -0.3 is 15.0 Å². The van der Waals surface area contributed by atoms with Gasteiger partial charge in [-0.1, -0.05) is 11.6 Å². The van der Waals surface area contributed by atoms with Crippen LogP contribution in [-0.2, 0) is 22.7 Å². The van der Waals surface area contributed by atoms with Gasteiger partial charge >= 0.3 is 5.97 Å². The smallest absolute Gasteiger partial charge is 0.326 e. The van der Waals surface area contributed by atoms with Gasteiger partial charge in [0, 0.05) is 28.5 Å². The molecule has 7 heteroatoms. The number of benzene rings is 1. The fourth-order valence-corrected chi connectivity index (χ4v) is 1.87. The quantitative estimate of drug-likeness (QED) is 0.876. The van der Waals surface area contributed by atoms with Crippen LogP contribution in [0.1, 0.15) is 5.56 Å². The predicted molar refractivity (Wildman–Crippen MR) is 76.3 cm³/mol. The molecule has 2 N–H and O–H groups in total. The van der Waals surface area contributed by atoms with Crippen molar-refractivity contribution in [2.24, 2.45) is 0 Å². The van der Waals surface area contributed by atoms with Crippen molar-refractivity contribution in [1.82, 2.24) is 4.57 Å². The molecule has 0 aliphatic carbocycles. The highest BCUT2D eigenvalue weighted by Gasteiger charge is 2.09. The summed E-state index contributed by atoms with van der Waals surface area (Å²) in [6.07, 6.45) is 1.34. The molecule has 1 aromatic carbocycles. The number of pyridine rings is 1. The molecule has 21 heavy (non-hydrogen) atoms. The summed E-state index contributed by atoms with van der Waals surface area (Å²) in [6.45, 7) is -0.561. The number of rotatable bonds is 4. The summed E-state index contributed by atoms with van der Waals surface area (Å²) in [5.74, 6) is -1.20. The lowest BCUT2D eigenvalue weighted by atomic mass is 10.2. The van der Waals surface area contributed by atoms with Crippen molar-refractivity contribution in [1.29, 1.82) is 0 Å². The third kappa shape index (κ3) is 4.06. The van der Waals surface area contributed by atoms with Crippen LogP contribution < -0.4 is 11.3 Å². The lowest BCUT2D eigenvalue weighted by Gasteiger charge is -2.08. The molecular weight excluding hydrogens is 299 g/mol. The minimum Gasteiger partial charge on any atom is -0.459 e. The maximum absolute atomic E-state index is 13.4. The van der Waals surface area contributed by atoms with Crippen LogP contribution in [0.25, 0.3) is 0 Å². The van der Waals surface area contributed by atoms with Crippen molar-refractivity contribution < 1.29 is 13.9 Å². The Bertz CT molecular complexity index is 730. The number of hydrogen-bond acceptors (Lipinski definition) is 4. The van der Waals surface area contributed by atoms with Crippen molar-refractivity contribution in [2.45, 2.75) is 13.2 Å². The van der Waals surface area contributed by atoms with E-state index in [1.165, 1.54) is 36.5 Å². The van der Waals surface area contributed by atoms with Gasteiger partial charge in [0.15, 0.2) is 0 Å². The average molecular weight is 311 g/mol. The van der Waals surface area contributed by atoms with Gasteiger partial charge in [0.1, 0.15) is 19.0 Å². The van der Waals surface area contributed by atoms with Crippen LogP contribution >= 0.6 is 11.6 Å². The topological polar surface area (TPSA) is 74.3 Å². The first-order valence-corrected chi connectivity index (χ1v) is 6.39. The number of carbonyl (C=O) groups is 1. The van der Waals surface area contributed by atoms with E-state index in [0.717, 1.165) is 4.57 Å². The van der Waals surface area contributed by atoms with Crippen LogP contribution in [0.15, 0.2) is 41.3 Å². The summed E-state index contributed by atoms with van der Waals surface area (Å²) in [5.41, 5.74) is 5.66. The zero-order valence-corrected chi connectivity index (χ0v) is 11.6. The van der Waals surface area contributed by atoms with Crippen molar-refractivity contribution in [3.63, 3.8) is 0 Å². The van der Waals surface area contributed by atoms with Crippen LogP contribution in [0, 0.1) is 5.82 Å². The van der Waals surface area contributed by atoms with Gasteiger partial charge in [-0.15, -0.1) is 0 Å². The molecule has 0 spiro atoms. The summed E-state index contributed by atoms with van der Waals surface area (Å²) in [4.78, 5) is 23.2. The zero-order valence-electron chi connectivity index (χ0n) is 10.9. The highest BCUT2D eigenvalue weighted by atomic mass is 35.5. The summed E-state index contributed by atoms with van der Waals surface area (Å²) in [7, 11) is 0. The van der Waals surface area contributed by atoms with E-state index in [-0.39, 0.29) is 24.3 Å². The fraction of sp³-hybridized carbons (Fsp3) is 0.143. The summed E-state index contributed by atoms with van der Waals surface area (Å²) in [6, 6.07) is 6.64. The number of halogens is 2. The van der Waals surface area contributed by atoms with Gasteiger partial charge in [-0.3, -0.25) is 9.59 Å². The zero-order chi connectivity index (χ0) is 15.4. The highest BCUT2D eigenvalue weighted by molar-refractivity contribution is 6.30. The van der Waals surface area contributed by atoms with Crippen LogP contribution in [-0.4, -0.2) is 10.5 Å². The van der Waals surface area contributed by atoms with Crippen LogP contribution in [0.4, 0.5) is 10.1 Å². The molecule has 0 atom stereocenters. The van der Waals surface area contributed by atoms with Gasteiger partial charge in [-0.25, -0.2) is 4.39 Å². The van der Waals surface area contributed by atoms with E-state index in [4.69, 9.17) is 22.1 Å². The Labute approximate surface area is 124 Å². The van der Waals surface area contributed by atoms with E-state index in [0.29, 0.717) is 10.7 Å². The van der Waals surface area contributed by atoms with Gasteiger partial charge in [0.05, 0.1) is 0 Å². The van der Waals surface area contributed by atoms with Gasteiger partial charge in [-0.05, 0) is 24.3 Å². The number of ether oxygens (including phenoxy) is 1. The van der Waals surface area contributed by atoms with Gasteiger partial charge in [0.25, 0.3) is 5.56 Å². The molecule has 1 aromatic heterocycles. The van der Waals surface area contributed by atoms with E-state index in [2.05, 4.69) is 0 Å². The first-order valence-electron chi connectivity index (χ1n) is 6.01. The number of aromatic nitrogens is 1. The predicted octanol–water partition coefficient (Wildman–Crippen LogP) is 1.97. The third-order valence-corrected chi connectivity index (χ3v) is 2.94. The number of hydrogen-bond donors (Lipinski definition) is 1. The van der Waals surface area contributed by atoms with Crippen molar-refractivity contribution in [2.75, 3.05) is 5.73 Å². The number of nitrogens with two attached hydrogens (primary N) is 1. The van der Waals surface area contributed by atoms with E-state index in [1.807, 2.05) is 0 Å². The second-order valence-corrected chi connectivity index (χ2v) is 4.76. The van der Waals surface area contributed by atoms with E-state index >= 15 is 0 Å². The molecular formula is C14H12ClFN2O3. The Hall–Kier alpha value is -2.34. The van der Waals surface area contributed by atoms with Crippen molar-refractivity contribution >= 4 is 23.3 Å². The molecule has 2 aromatic rings. The number of carbonyl (C=O) groups excluding carboxylic acids is 1. The molecule has 0 aliphatic heterocycles. The molecule has 2 rings (SSSR count). The number of anilines is 1. The average Bonchev–Trinajstić information content (AvgIpc) is 2.44. The van der Waals surface area contributed by atoms with E-state index in [1.54, 1.807) is 0 Å². The molecule has 1 heterocycles. The Balaban J connectivity index is 2.01. The molecule has 0 aliphatic rings. The molecule has 0 bridgehead atoms. The molecule has 0 unspecified atom stereocenters. The monoisotopic (exact) mass is 310 g/mol. The highest BCUT2D eigenvalue weighted by Crippen LogP contribution is 2.15. The molecule has 0 amide bonds. The molecule has 0 saturated carbocycles. The fourth-order valence-electron chi connectivity index (χ4n) is 1.67. The van der Waals surface area contributed by atoms with Crippen molar-refractivity contribution in [3.05, 3.63) is 63.3 Å². The summed E-state index contributed by atoms with van der Waals surface area (Å²) < 4.78 is 19.5. The minimum atomic E-state index is -0.679. The number of esters is 1. The van der Waals surface area contributed by atoms with Crippen molar-refractivity contribution in [3.8, 4) is 0 Å². The lowest BCUT2D eigenvalue weighted by molar-refractivity contribution is -0.145. The second kappa shape index (κ2) is 6.41. The van der Waals surface area contributed by atoms with Crippen LogP contribution in [0.3, 0.4) is 0 Å². The largest absolute Gasteiger partial charge is 0.459 e. The Morgan fingerprint density at radius 1 is 1.33 bits per heavy atom. The standard InChI is InChI=1S/C14H12ClFN2O3/c15-10-1-3-12(16)9(5-10)8-21-14(20)7-18-6-11(17)2-4-13(18)19/h1-6H,7-8,17H2. The number of nitrogens with zero attached hydrogens (tertiary/aromatic N) is 1. The Morgan fingerprint density at radius 2 is 2.10 bits per heavy atom. The first kappa shape index (κ1) is 15.1. The molecule has 5 nitrogen and oxygen atoms in total. The first-order chi connectivity index (χ1) is 9.95. The summed E-state index contributed by atoms with van der Waals surface area (Å²) >= 11 is 5.73. The van der Waals surface area contributed by atoms with Gasteiger partial charge in [-0.2, -0.15) is 0 Å². The van der Waals surface area contributed by atoms with Crippen LogP contribution in [0.2, 0.25) is 5.02 Å². The van der Waals surface area contributed by atoms with E-state index in [9.17, 15) is 14.0 Å². The molecule has 0 radical (unpaired) electrons.